The summed E-state index contributed by atoms with van der Waals surface area (Å²) in [6.45, 7) is 5.86. The van der Waals surface area contributed by atoms with E-state index >= 15 is 0 Å². The third-order valence-electron chi connectivity index (χ3n) is 2.81. The maximum Gasteiger partial charge on any atom is 0.0671 e. The maximum atomic E-state index is 4.20. The van der Waals surface area contributed by atoms with Crippen molar-refractivity contribution < 1.29 is 0 Å². The van der Waals surface area contributed by atoms with Crippen LogP contribution in [0.1, 0.15) is 26.3 Å². The van der Waals surface area contributed by atoms with Crippen molar-refractivity contribution in [1.29, 1.82) is 0 Å². The highest BCUT2D eigenvalue weighted by molar-refractivity contribution is 5.99. The first-order chi connectivity index (χ1) is 9.16. The summed E-state index contributed by atoms with van der Waals surface area (Å²) in [4.78, 5) is 0. The van der Waals surface area contributed by atoms with E-state index in [-0.39, 0.29) is 0 Å². The number of hydrogen-bond donors (Lipinski definition) is 0. The van der Waals surface area contributed by atoms with Gasteiger partial charge < -0.3 is 0 Å². The van der Waals surface area contributed by atoms with Crippen molar-refractivity contribution in [2.45, 2.75) is 20.8 Å². The zero-order valence-corrected chi connectivity index (χ0v) is 11.6. The van der Waals surface area contributed by atoms with Crippen LogP contribution < -0.4 is 0 Å². The normalized spacial score (nSPS) is 11.2. The molecule has 0 aliphatic heterocycles. The fraction of sp³-hybridized carbons (Fsp3) is 0.176. The molecule has 96 valence electrons. The van der Waals surface area contributed by atoms with Crippen molar-refractivity contribution in [2.75, 3.05) is 0 Å². The Hall–Kier alpha value is -2.22. The van der Waals surface area contributed by atoms with Crippen LogP contribution in [0.25, 0.3) is 11.1 Å². The highest BCUT2D eigenvalue weighted by Gasteiger charge is 1.99. The molecule has 19 heavy (non-hydrogen) atoms. The SMILES string of the molecule is CC(C)=N/N=C(\C)c1ccc(-c2ccccc2)cc1. The van der Waals surface area contributed by atoms with Gasteiger partial charge in [-0.2, -0.15) is 10.2 Å². The second kappa shape index (κ2) is 6.10. The van der Waals surface area contributed by atoms with E-state index in [9.17, 15) is 0 Å². The Morgan fingerprint density at radius 3 is 1.84 bits per heavy atom. The van der Waals surface area contributed by atoms with Crippen LogP contribution in [0.2, 0.25) is 0 Å². The molecule has 0 spiro atoms. The molecule has 0 aliphatic carbocycles. The Morgan fingerprint density at radius 2 is 1.26 bits per heavy atom. The molecule has 0 amide bonds. The number of nitrogens with zero attached hydrogens (tertiary/aromatic N) is 2. The molecular weight excluding hydrogens is 232 g/mol. The summed E-state index contributed by atoms with van der Waals surface area (Å²) >= 11 is 0. The lowest BCUT2D eigenvalue weighted by atomic mass is 10.0. The minimum atomic E-state index is 0.931. The van der Waals surface area contributed by atoms with Gasteiger partial charge in [0.05, 0.1) is 5.71 Å². The fourth-order valence-electron chi connectivity index (χ4n) is 1.77. The molecule has 0 N–H and O–H groups in total. The van der Waals surface area contributed by atoms with Crippen LogP contribution in [-0.2, 0) is 0 Å². The number of benzene rings is 2. The molecule has 2 rings (SSSR count). The van der Waals surface area contributed by atoms with Crippen LogP contribution in [0.15, 0.2) is 64.8 Å². The van der Waals surface area contributed by atoms with Gasteiger partial charge in [0.2, 0.25) is 0 Å². The Morgan fingerprint density at radius 1 is 0.684 bits per heavy atom. The molecule has 0 fully saturated rings. The summed E-state index contributed by atoms with van der Waals surface area (Å²) in [7, 11) is 0. The van der Waals surface area contributed by atoms with E-state index in [0.29, 0.717) is 0 Å². The molecule has 0 bridgehead atoms. The zero-order chi connectivity index (χ0) is 13.7. The highest BCUT2D eigenvalue weighted by Crippen LogP contribution is 2.19. The summed E-state index contributed by atoms with van der Waals surface area (Å²) in [5.41, 5.74) is 5.43. The van der Waals surface area contributed by atoms with Gasteiger partial charge in [0.1, 0.15) is 0 Å². The van der Waals surface area contributed by atoms with Crippen molar-refractivity contribution >= 4 is 11.4 Å². The maximum absolute atomic E-state index is 4.20. The van der Waals surface area contributed by atoms with E-state index in [1.165, 1.54) is 11.1 Å². The highest BCUT2D eigenvalue weighted by atomic mass is 15.2. The van der Waals surface area contributed by atoms with Crippen LogP contribution in [0.5, 0.6) is 0 Å². The Labute approximate surface area is 114 Å². The summed E-state index contributed by atoms with van der Waals surface area (Å²) in [5.74, 6) is 0. The van der Waals surface area contributed by atoms with Gasteiger partial charge >= 0.3 is 0 Å². The average Bonchev–Trinajstić information content (AvgIpc) is 2.46. The zero-order valence-electron chi connectivity index (χ0n) is 11.6. The first-order valence-electron chi connectivity index (χ1n) is 6.38. The molecule has 0 heterocycles. The first-order valence-corrected chi connectivity index (χ1v) is 6.38. The molecule has 0 aromatic heterocycles. The molecular formula is C17H18N2. The van der Waals surface area contributed by atoms with Gasteiger partial charge in [-0.3, -0.25) is 0 Å². The van der Waals surface area contributed by atoms with E-state index in [2.05, 4.69) is 58.7 Å². The van der Waals surface area contributed by atoms with E-state index in [1.54, 1.807) is 0 Å². The monoisotopic (exact) mass is 250 g/mol. The molecule has 0 atom stereocenters. The molecule has 0 radical (unpaired) electrons. The van der Waals surface area contributed by atoms with Crippen molar-refractivity contribution in [3.63, 3.8) is 0 Å². The molecule has 2 nitrogen and oxygen atoms in total. The van der Waals surface area contributed by atoms with Gasteiger partial charge in [-0.05, 0) is 37.5 Å². The van der Waals surface area contributed by atoms with Gasteiger partial charge in [0.25, 0.3) is 0 Å². The van der Waals surface area contributed by atoms with Crippen molar-refractivity contribution in [3.05, 3.63) is 60.2 Å². The van der Waals surface area contributed by atoms with E-state index in [1.807, 2.05) is 26.8 Å². The summed E-state index contributed by atoms with van der Waals surface area (Å²) in [6.07, 6.45) is 0. The van der Waals surface area contributed by atoms with Crippen LogP contribution in [0, 0.1) is 0 Å². The lowest BCUT2D eigenvalue weighted by Gasteiger charge is -2.03. The summed E-state index contributed by atoms with van der Waals surface area (Å²) in [6, 6.07) is 18.8. The molecule has 2 aromatic carbocycles. The number of rotatable bonds is 3. The molecule has 2 aromatic rings. The molecule has 0 saturated carbocycles. The second-order valence-electron chi connectivity index (χ2n) is 4.68. The standard InChI is InChI=1S/C17H18N2/c1-13(2)18-19-14(3)15-9-11-17(12-10-15)16-7-5-4-6-8-16/h4-12H,1-3H3/b19-14+. The van der Waals surface area contributed by atoms with Crippen molar-refractivity contribution in [3.8, 4) is 11.1 Å². The van der Waals surface area contributed by atoms with Crippen molar-refractivity contribution in [2.24, 2.45) is 10.2 Å². The molecule has 0 saturated heterocycles. The Kier molecular flexibility index (Phi) is 4.24. The van der Waals surface area contributed by atoms with Crippen LogP contribution in [0.3, 0.4) is 0 Å². The van der Waals surface area contributed by atoms with Gasteiger partial charge in [-0.25, -0.2) is 0 Å². The summed E-state index contributed by atoms with van der Waals surface area (Å²) in [5, 5.41) is 8.29. The molecule has 0 aliphatic rings. The topological polar surface area (TPSA) is 24.7 Å². The fourth-order valence-corrected chi connectivity index (χ4v) is 1.77. The van der Waals surface area contributed by atoms with Crippen LogP contribution >= 0.6 is 0 Å². The van der Waals surface area contributed by atoms with Crippen LogP contribution in [0.4, 0.5) is 0 Å². The lowest BCUT2D eigenvalue weighted by Crippen LogP contribution is -1.94. The first kappa shape index (κ1) is 13.2. The predicted molar refractivity (Wildman–Crippen MR) is 82.9 cm³/mol. The van der Waals surface area contributed by atoms with E-state index < -0.39 is 0 Å². The van der Waals surface area contributed by atoms with E-state index in [0.717, 1.165) is 17.0 Å². The summed E-state index contributed by atoms with van der Waals surface area (Å²) < 4.78 is 0. The minimum absolute atomic E-state index is 0.931. The molecule has 0 unspecified atom stereocenters. The Balaban J connectivity index is 2.24. The third-order valence-corrected chi connectivity index (χ3v) is 2.81. The Bertz CT molecular complexity index is 589. The van der Waals surface area contributed by atoms with Gasteiger partial charge in [-0.15, -0.1) is 0 Å². The quantitative estimate of drug-likeness (QED) is 0.563. The van der Waals surface area contributed by atoms with Gasteiger partial charge in [-0.1, -0.05) is 54.6 Å². The van der Waals surface area contributed by atoms with Crippen LogP contribution in [-0.4, -0.2) is 11.4 Å². The second-order valence-corrected chi connectivity index (χ2v) is 4.68. The largest absolute Gasteiger partial charge is 0.160 e. The van der Waals surface area contributed by atoms with E-state index in [4.69, 9.17) is 0 Å². The van der Waals surface area contributed by atoms with Gasteiger partial charge in [0.15, 0.2) is 0 Å². The smallest absolute Gasteiger partial charge is 0.0671 e. The number of hydrogen-bond acceptors (Lipinski definition) is 2. The average molecular weight is 250 g/mol. The molecule has 2 heteroatoms. The van der Waals surface area contributed by atoms with Crippen molar-refractivity contribution in [1.82, 2.24) is 0 Å². The third kappa shape index (κ3) is 3.62. The lowest BCUT2D eigenvalue weighted by molar-refractivity contribution is 1.21. The predicted octanol–water partition coefficient (Wildman–Crippen LogP) is 4.56. The van der Waals surface area contributed by atoms with Gasteiger partial charge in [0, 0.05) is 5.71 Å². The minimum Gasteiger partial charge on any atom is -0.160 e.